The van der Waals surface area contributed by atoms with E-state index >= 15 is 0 Å². The number of carbonyl (C=O) groups is 2. The van der Waals surface area contributed by atoms with Crippen molar-refractivity contribution in [3.8, 4) is 0 Å². The summed E-state index contributed by atoms with van der Waals surface area (Å²) in [4.78, 5) is 26.5. The van der Waals surface area contributed by atoms with E-state index in [9.17, 15) is 18.0 Å². The van der Waals surface area contributed by atoms with Gasteiger partial charge in [0.15, 0.2) is 0 Å². The number of carbonyl (C=O) groups excluding carboxylic acids is 2. The Morgan fingerprint density at radius 3 is 2.36 bits per heavy atom. The Morgan fingerprint density at radius 2 is 1.73 bits per heavy atom. The molecule has 2 fully saturated rings. The van der Waals surface area contributed by atoms with Crippen LogP contribution in [0.2, 0.25) is 10.0 Å². The van der Waals surface area contributed by atoms with E-state index in [1.807, 2.05) is 12.1 Å². The lowest BCUT2D eigenvalue weighted by Gasteiger charge is -2.31. The van der Waals surface area contributed by atoms with Gasteiger partial charge in [0, 0.05) is 53.0 Å². The van der Waals surface area contributed by atoms with E-state index in [2.05, 4.69) is 5.32 Å². The Morgan fingerprint density at radius 1 is 1.03 bits per heavy atom. The second-order valence-corrected chi connectivity index (χ2v) is 11.1. The first-order valence-corrected chi connectivity index (χ1v) is 13.2. The number of hydrogen-bond acceptors (Lipinski definition) is 4. The summed E-state index contributed by atoms with van der Waals surface area (Å²) in [6, 6.07) is 12.0. The fraction of sp³-hybridized carbons (Fsp3) is 0.391. The largest absolute Gasteiger partial charge is 0.326 e. The van der Waals surface area contributed by atoms with E-state index in [4.69, 9.17) is 23.2 Å². The standard InChI is InChI=1S/C23H25Cl2N3O4S/c24-20-5-1-6-21(25)19(20)15-33(31,32)27-12-2-4-16(14-27)23(30)26-17-8-10-18(11-9-17)28-13-3-7-22(28)29/h1,5-6,8-11,16H,2-4,7,12-15H2,(H,26,30). The lowest BCUT2D eigenvalue weighted by atomic mass is 9.98. The SMILES string of the molecule is O=C(Nc1ccc(N2CCCC2=O)cc1)C1CCCN(S(=O)(=O)Cc2c(Cl)cccc2Cl)C1. The van der Waals surface area contributed by atoms with Crippen LogP contribution in [0.25, 0.3) is 0 Å². The number of nitrogens with zero attached hydrogens (tertiary/aromatic N) is 2. The highest BCUT2D eigenvalue weighted by Gasteiger charge is 2.33. The maximum atomic E-state index is 13.0. The summed E-state index contributed by atoms with van der Waals surface area (Å²) in [6.45, 7) is 1.17. The zero-order valence-corrected chi connectivity index (χ0v) is 20.3. The van der Waals surface area contributed by atoms with Crippen LogP contribution in [-0.2, 0) is 25.4 Å². The minimum absolute atomic E-state index is 0.105. The van der Waals surface area contributed by atoms with E-state index in [0.29, 0.717) is 53.6 Å². The summed E-state index contributed by atoms with van der Waals surface area (Å²) in [5, 5.41) is 3.48. The van der Waals surface area contributed by atoms with Gasteiger partial charge in [-0.2, -0.15) is 0 Å². The van der Waals surface area contributed by atoms with Crippen LogP contribution < -0.4 is 10.2 Å². The molecule has 7 nitrogen and oxygen atoms in total. The molecule has 1 atom stereocenters. The van der Waals surface area contributed by atoms with Gasteiger partial charge in [0.25, 0.3) is 0 Å². The topological polar surface area (TPSA) is 86.8 Å². The zero-order chi connectivity index (χ0) is 23.6. The smallest absolute Gasteiger partial charge is 0.228 e. The number of amides is 2. The molecular formula is C23H25Cl2N3O4S. The van der Waals surface area contributed by atoms with Crippen LogP contribution in [0.1, 0.15) is 31.2 Å². The van der Waals surface area contributed by atoms with Gasteiger partial charge < -0.3 is 10.2 Å². The highest BCUT2D eigenvalue weighted by molar-refractivity contribution is 7.88. The minimum atomic E-state index is -3.69. The molecule has 2 aliphatic rings. The number of hydrogen-bond donors (Lipinski definition) is 1. The molecule has 0 aliphatic carbocycles. The molecule has 0 spiro atoms. The van der Waals surface area contributed by atoms with Crippen molar-refractivity contribution in [3.63, 3.8) is 0 Å². The van der Waals surface area contributed by atoms with E-state index in [0.717, 1.165) is 12.1 Å². The van der Waals surface area contributed by atoms with E-state index < -0.39 is 15.9 Å². The number of anilines is 2. The van der Waals surface area contributed by atoms with Crippen molar-refractivity contribution in [2.24, 2.45) is 5.92 Å². The lowest BCUT2D eigenvalue weighted by Crippen LogP contribution is -2.44. The van der Waals surface area contributed by atoms with Gasteiger partial charge >= 0.3 is 0 Å². The summed E-state index contributed by atoms with van der Waals surface area (Å²) in [7, 11) is -3.69. The quantitative estimate of drug-likeness (QED) is 0.628. The summed E-state index contributed by atoms with van der Waals surface area (Å²) in [5.41, 5.74) is 1.78. The number of halogens is 2. The molecule has 176 valence electrons. The van der Waals surface area contributed by atoms with Gasteiger partial charge in [-0.3, -0.25) is 9.59 Å². The maximum Gasteiger partial charge on any atom is 0.228 e. The van der Waals surface area contributed by atoms with Crippen LogP contribution in [0.15, 0.2) is 42.5 Å². The Kier molecular flexibility index (Phi) is 7.28. The molecule has 1 N–H and O–H groups in total. The Bertz CT molecular complexity index is 1130. The van der Waals surface area contributed by atoms with Crippen molar-refractivity contribution in [3.05, 3.63) is 58.1 Å². The van der Waals surface area contributed by atoms with E-state index in [-0.39, 0.29) is 24.1 Å². The lowest BCUT2D eigenvalue weighted by molar-refractivity contribution is -0.121. The van der Waals surface area contributed by atoms with Gasteiger partial charge in [-0.25, -0.2) is 12.7 Å². The molecule has 4 rings (SSSR count). The zero-order valence-electron chi connectivity index (χ0n) is 18.0. The molecular weight excluding hydrogens is 485 g/mol. The van der Waals surface area contributed by atoms with Gasteiger partial charge in [0.2, 0.25) is 21.8 Å². The third-order valence-electron chi connectivity index (χ3n) is 6.06. The summed E-state index contributed by atoms with van der Waals surface area (Å²) >= 11 is 12.3. The van der Waals surface area contributed by atoms with Gasteiger partial charge in [-0.1, -0.05) is 29.3 Å². The first-order valence-electron chi connectivity index (χ1n) is 10.9. The Balaban J connectivity index is 1.39. The summed E-state index contributed by atoms with van der Waals surface area (Å²) in [5.74, 6) is -0.893. The molecule has 0 saturated carbocycles. The van der Waals surface area contributed by atoms with Crippen molar-refractivity contribution in [1.29, 1.82) is 0 Å². The van der Waals surface area contributed by atoms with Gasteiger partial charge in [0.1, 0.15) is 0 Å². The minimum Gasteiger partial charge on any atom is -0.326 e. The van der Waals surface area contributed by atoms with Crippen LogP contribution in [0.4, 0.5) is 11.4 Å². The van der Waals surface area contributed by atoms with E-state index in [1.165, 1.54) is 4.31 Å². The Labute approximate surface area is 203 Å². The molecule has 10 heteroatoms. The first kappa shape index (κ1) is 24.0. The predicted molar refractivity (Wildman–Crippen MR) is 130 cm³/mol. The second kappa shape index (κ2) is 10.0. The molecule has 2 saturated heterocycles. The summed E-state index contributed by atoms with van der Waals surface area (Å²) < 4.78 is 27.4. The molecule has 2 aliphatic heterocycles. The molecule has 2 aromatic rings. The highest BCUT2D eigenvalue weighted by Crippen LogP contribution is 2.29. The molecule has 0 radical (unpaired) electrons. The molecule has 2 aromatic carbocycles. The number of sulfonamides is 1. The fourth-order valence-corrected chi connectivity index (χ4v) is 6.61. The van der Waals surface area contributed by atoms with Gasteiger partial charge in [-0.05, 0) is 55.7 Å². The molecule has 2 heterocycles. The van der Waals surface area contributed by atoms with Crippen LogP contribution in [0, 0.1) is 5.92 Å². The average molecular weight is 510 g/mol. The van der Waals surface area contributed by atoms with Crippen LogP contribution >= 0.6 is 23.2 Å². The van der Waals surface area contributed by atoms with Gasteiger partial charge in [-0.15, -0.1) is 0 Å². The third-order valence-corrected chi connectivity index (χ3v) is 8.54. The Hall–Kier alpha value is -2.13. The molecule has 0 bridgehead atoms. The van der Waals surface area contributed by atoms with Crippen molar-refractivity contribution in [2.75, 3.05) is 29.9 Å². The van der Waals surface area contributed by atoms with Crippen molar-refractivity contribution in [2.45, 2.75) is 31.4 Å². The molecule has 33 heavy (non-hydrogen) atoms. The number of piperidine rings is 1. The average Bonchev–Trinajstić information content (AvgIpc) is 3.23. The van der Waals surface area contributed by atoms with E-state index in [1.54, 1.807) is 35.2 Å². The van der Waals surface area contributed by atoms with Crippen LogP contribution in [-0.4, -0.2) is 44.2 Å². The second-order valence-electron chi connectivity index (χ2n) is 8.34. The fourth-order valence-electron chi connectivity index (χ4n) is 4.24. The van der Waals surface area contributed by atoms with Gasteiger partial charge in [0.05, 0.1) is 11.7 Å². The monoisotopic (exact) mass is 509 g/mol. The molecule has 2 amide bonds. The normalized spacial score (nSPS) is 19.6. The van der Waals surface area contributed by atoms with Crippen LogP contribution in [0.5, 0.6) is 0 Å². The van der Waals surface area contributed by atoms with Crippen LogP contribution in [0.3, 0.4) is 0 Å². The number of nitrogens with one attached hydrogen (secondary N) is 1. The number of benzene rings is 2. The third kappa shape index (κ3) is 5.51. The van der Waals surface area contributed by atoms with Crippen molar-refractivity contribution in [1.82, 2.24) is 4.31 Å². The van der Waals surface area contributed by atoms with Crippen molar-refractivity contribution < 1.29 is 18.0 Å². The summed E-state index contributed by atoms with van der Waals surface area (Å²) in [6.07, 6.45) is 2.60. The molecule has 0 aromatic heterocycles. The highest BCUT2D eigenvalue weighted by atomic mass is 35.5. The maximum absolute atomic E-state index is 13.0. The number of rotatable bonds is 6. The first-order chi connectivity index (χ1) is 15.7. The van der Waals surface area contributed by atoms with Crippen molar-refractivity contribution >= 4 is 56.4 Å². The molecule has 1 unspecified atom stereocenters. The predicted octanol–water partition coefficient (Wildman–Crippen LogP) is 4.30.